The molecule has 0 radical (unpaired) electrons. The maximum atomic E-state index is 12.3. The third kappa shape index (κ3) is 1.77. The molecule has 1 unspecified atom stereocenters. The fourth-order valence-corrected chi connectivity index (χ4v) is 2.96. The number of nitrogens with zero attached hydrogens (tertiary/aromatic N) is 2. The molecule has 0 spiro atoms. The van der Waals surface area contributed by atoms with Gasteiger partial charge < -0.3 is 0 Å². The second-order valence-corrected chi connectivity index (χ2v) is 5.56. The molecule has 0 saturated carbocycles. The van der Waals surface area contributed by atoms with E-state index in [4.69, 9.17) is 0 Å². The number of fused-ring (bicyclic) bond motifs is 1. The Morgan fingerprint density at radius 3 is 2.21 bits per heavy atom. The number of carbonyl (C=O) groups excluding carboxylic acids is 2. The van der Waals surface area contributed by atoms with Gasteiger partial charge in [0.1, 0.15) is 0 Å². The average Bonchev–Trinajstić information content (AvgIpc) is 2.94. The number of thiazole rings is 1. The number of aryl methyl sites for hydroxylation is 1. The van der Waals surface area contributed by atoms with E-state index in [9.17, 15) is 9.59 Å². The van der Waals surface area contributed by atoms with E-state index in [1.807, 2.05) is 19.2 Å². The van der Waals surface area contributed by atoms with Crippen molar-refractivity contribution in [3.63, 3.8) is 0 Å². The Hall–Kier alpha value is -2.01. The zero-order valence-electron chi connectivity index (χ0n) is 10.6. The van der Waals surface area contributed by atoms with Crippen molar-refractivity contribution in [3.8, 4) is 0 Å². The fraction of sp³-hybridized carbons (Fsp3) is 0.214. The Bertz CT molecular complexity index is 643. The van der Waals surface area contributed by atoms with Crippen LogP contribution in [0.2, 0.25) is 0 Å². The van der Waals surface area contributed by atoms with Gasteiger partial charge in [-0.3, -0.25) is 14.5 Å². The van der Waals surface area contributed by atoms with Crippen molar-refractivity contribution >= 4 is 23.2 Å². The molecule has 3 rings (SSSR count). The predicted molar refractivity (Wildman–Crippen MR) is 72.2 cm³/mol. The molecule has 1 aromatic carbocycles. The van der Waals surface area contributed by atoms with Crippen molar-refractivity contribution in [2.45, 2.75) is 19.9 Å². The normalized spacial score (nSPS) is 15.8. The summed E-state index contributed by atoms with van der Waals surface area (Å²) in [4.78, 5) is 30.3. The summed E-state index contributed by atoms with van der Waals surface area (Å²) in [7, 11) is 0. The standard InChI is InChI=1S/C14H12N2O2S/c1-8(12-7-19-9(2)15-12)16-13(17)10-5-3-4-6-11(10)14(16)18/h3-8H,1-2H3. The molecule has 2 amide bonds. The van der Waals surface area contributed by atoms with Crippen molar-refractivity contribution in [1.82, 2.24) is 9.88 Å². The predicted octanol–water partition coefficient (Wildman–Crippen LogP) is 2.81. The molecular weight excluding hydrogens is 260 g/mol. The minimum absolute atomic E-state index is 0.237. The largest absolute Gasteiger partial charge is 0.269 e. The third-order valence-corrected chi connectivity index (χ3v) is 4.07. The molecule has 1 atom stereocenters. The number of amides is 2. The van der Waals surface area contributed by atoms with Gasteiger partial charge in [0, 0.05) is 5.38 Å². The van der Waals surface area contributed by atoms with Crippen LogP contribution in [0.4, 0.5) is 0 Å². The molecule has 0 bridgehead atoms. The van der Waals surface area contributed by atoms with Crippen LogP contribution in [0, 0.1) is 6.92 Å². The van der Waals surface area contributed by atoms with Crippen molar-refractivity contribution in [3.05, 3.63) is 51.5 Å². The number of hydrogen-bond donors (Lipinski definition) is 0. The molecule has 96 valence electrons. The lowest BCUT2D eigenvalue weighted by Crippen LogP contribution is -2.32. The van der Waals surface area contributed by atoms with Crippen molar-refractivity contribution in [2.75, 3.05) is 0 Å². The van der Waals surface area contributed by atoms with Gasteiger partial charge in [0.2, 0.25) is 0 Å². The van der Waals surface area contributed by atoms with E-state index in [1.54, 1.807) is 24.3 Å². The van der Waals surface area contributed by atoms with Crippen LogP contribution in [0.3, 0.4) is 0 Å². The van der Waals surface area contributed by atoms with Crippen LogP contribution in [0.1, 0.15) is 44.4 Å². The maximum absolute atomic E-state index is 12.3. The van der Waals surface area contributed by atoms with Crippen molar-refractivity contribution < 1.29 is 9.59 Å². The Balaban J connectivity index is 2.00. The molecule has 2 aromatic rings. The van der Waals surface area contributed by atoms with Gasteiger partial charge in [-0.25, -0.2) is 4.98 Å². The highest BCUT2D eigenvalue weighted by atomic mass is 32.1. The van der Waals surface area contributed by atoms with Crippen LogP contribution in [-0.2, 0) is 0 Å². The number of hydrogen-bond acceptors (Lipinski definition) is 4. The number of imide groups is 1. The van der Waals surface area contributed by atoms with Crippen LogP contribution in [0.5, 0.6) is 0 Å². The van der Waals surface area contributed by atoms with Crippen LogP contribution in [0.25, 0.3) is 0 Å². The van der Waals surface area contributed by atoms with Gasteiger partial charge in [-0.15, -0.1) is 11.3 Å². The first kappa shape index (κ1) is 12.0. The lowest BCUT2D eigenvalue weighted by molar-refractivity contribution is 0.0592. The smallest absolute Gasteiger partial charge is 0.262 e. The fourth-order valence-electron chi connectivity index (χ4n) is 2.26. The summed E-state index contributed by atoms with van der Waals surface area (Å²) in [6, 6.07) is 6.58. The van der Waals surface area contributed by atoms with E-state index in [0.29, 0.717) is 11.1 Å². The van der Waals surface area contributed by atoms with Crippen LogP contribution in [-0.4, -0.2) is 21.7 Å². The molecule has 0 fully saturated rings. The number of carbonyl (C=O) groups is 2. The number of aromatic nitrogens is 1. The van der Waals surface area contributed by atoms with Crippen LogP contribution in [0.15, 0.2) is 29.6 Å². The van der Waals surface area contributed by atoms with E-state index in [-0.39, 0.29) is 17.9 Å². The zero-order chi connectivity index (χ0) is 13.6. The monoisotopic (exact) mass is 272 g/mol. The first-order valence-electron chi connectivity index (χ1n) is 5.98. The topological polar surface area (TPSA) is 50.3 Å². The second kappa shape index (κ2) is 4.28. The highest BCUT2D eigenvalue weighted by Gasteiger charge is 2.39. The van der Waals surface area contributed by atoms with E-state index >= 15 is 0 Å². The van der Waals surface area contributed by atoms with Gasteiger partial charge in [-0.2, -0.15) is 0 Å². The second-order valence-electron chi connectivity index (χ2n) is 4.49. The number of benzene rings is 1. The Labute approximate surface area is 114 Å². The highest BCUT2D eigenvalue weighted by Crippen LogP contribution is 2.31. The molecule has 1 aromatic heterocycles. The molecule has 19 heavy (non-hydrogen) atoms. The minimum Gasteiger partial charge on any atom is -0.269 e. The zero-order valence-corrected chi connectivity index (χ0v) is 11.4. The summed E-state index contributed by atoms with van der Waals surface area (Å²) >= 11 is 1.52. The van der Waals surface area contributed by atoms with Gasteiger partial charge >= 0.3 is 0 Å². The highest BCUT2D eigenvalue weighted by molar-refractivity contribution is 7.09. The quantitative estimate of drug-likeness (QED) is 0.790. The van der Waals surface area contributed by atoms with Gasteiger partial charge in [-0.1, -0.05) is 12.1 Å². The third-order valence-electron chi connectivity index (χ3n) is 3.28. The van der Waals surface area contributed by atoms with Gasteiger partial charge in [0.25, 0.3) is 11.8 Å². The first-order valence-corrected chi connectivity index (χ1v) is 6.86. The van der Waals surface area contributed by atoms with Crippen LogP contribution >= 0.6 is 11.3 Å². The molecule has 0 aliphatic carbocycles. The summed E-state index contributed by atoms with van der Waals surface area (Å²) in [6.45, 7) is 3.74. The summed E-state index contributed by atoms with van der Waals surface area (Å²) in [5.74, 6) is -0.475. The maximum Gasteiger partial charge on any atom is 0.262 e. The molecule has 4 nitrogen and oxygen atoms in total. The van der Waals surface area contributed by atoms with Gasteiger partial charge in [-0.05, 0) is 26.0 Å². The van der Waals surface area contributed by atoms with Gasteiger partial charge in [0.05, 0.1) is 27.9 Å². The van der Waals surface area contributed by atoms with E-state index in [0.717, 1.165) is 10.7 Å². The van der Waals surface area contributed by atoms with E-state index in [1.165, 1.54) is 16.2 Å². The lowest BCUT2D eigenvalue weighted by atomic mass is 10.1. The van der Waals surface area contributed by atoms with Crippen molar-refractivity contribution in [2.24, 2.45) is 0 Å². The van der Waals surface area contributed by atoms with Crippen LogP contribution < -0.4 is 0 Å². The first-order chi connectivity index (χ1) is 9.09. The summed E-state index contributed by atoms with van der Waals surface area (Å²) < 4.78 is 0. The molecule has 5 heteroatoms. The van der Waals surface area contributed by atoms with Gasteiger partial charge in [0.15, 0.2) is 0 Å². The number of rotatable bonds is 2. The Kier molecular flexibility index (Phi) is 2.71. The molecule has 1 aliphatic heterocycles. The average molecular weight is 272 g/mol. The Morgan fingerprint density at radius 2 is 1.74 bits per heavy atom. The molecule has 0 N–H and O–H groups in total. The van der Waals surface area contributed by atoms with E-state index in [2.05, 4.69) is 4.98 Å². The summed E-state index contributed by atoms with van der Waals surface area (Å²) in [5.41, 5.74) is 1.72. The molecule has 0 saturated heterocycles. The van der Waals surface area contributed by atoms with E-state index < -0.39 is 0 Å². The molecular formula is C14H12N2O2S. The SMILES string of the molecule is Cc1nc(C(C)N2C(=O)c3ccccc3C2=O)cs1. The minimum atomic E-state index is -0.336. The Morgan fingerprint density at radius 1 is 1.16 bits per heavy atom. The summed E-state index contributed by atoms with van der Waals surface area (Å²) in [6.07, 6.45) is 0. The van der Waals surface area contributed by atoms with Crippen molar-refractivity contribution in [1.29, 1.82) is 0 Å². The molecule has 1 aliphatic rings. The summed E-state index contributed by atoms with van der Waals surface area (Å²) in [5, 5.41) is 2.82. The molecule has 2 heterocycles. The lowest BCUT2D eigenvalue weighted by Gasteiger charge is -2.20.